The third-order valence-corrected chi connectivity index (χ3v) is 4.83. The first-order chi connectivity index (χ1) is 12.4. The Labute approximate surface area is 158 Å². The van der Waals surface area contributed by atoms with E-state index < -0.39 is 0 Å². The van der Waals surface area contributed by atoms with Gasteiger partial charge in [-0.05, 0) is 61.4 Å². The largest absolute Gasteiger partial charge is 0.508 e. The van der Waals surface area contributed by atoms with Crippen LogP contribution in [-0.2, 0) is 4.79 Å². The molecule has 1 aliphatic rings. The highest BCUT2D eigenvalue weighted by molar-refractivity contribution is 6.30. The lowest BCUT2D eigenvalue weighted by Crippen LogP contribution is -2.50. The molecule has 138 valence electrons. The average molecular weight is 375 g/mol. The number of aromatic hydroxyl groups is 1. The molecular formula is C20H23ClN2O3. The van der Waals surface area contributed by atoms with Crippen LogP contribution < -0.4 is 9.64 Å². The number of phenolic OH excluding ortho intramolecular Hbond substituents is 1. The Morgan fingerprint density at radius 1 is 1.08 bits per heavy atom. The van der Waals surface area contributed by atoms with Crippen LogP contribution >= 0.6 is 11.6 Å². The molecule has 2 aromatic carbocycles. The van der Waals surface area contributed by atoms with Crippen molar-refractivity contribution in [2.75, 3.05) is 37.7 Å². The molecule has 1 aliphatic heterocycles. The van der Waals surface area contributed by atoms with E-state index in [2.05, 4.69) is 4.90 Å². The predicted molar refractivity (Wildman–Crippen MR) is 103 cm³/mol. The lowest BCUT2D eigenvalue weighted by atomic mass is 10.1. The maximum Gasteiger partial charge on any atom is 0.260 e. The predicted octanol–water partition coefficient (Wildman–Crippen LogP) is 3.39. The molecule has 1 heterocycles. The number of anilines is 1. The van der Waals surface area contributed by atoms with E-state index in [9.17, 15) is 9.90 Å². The van der Waals surface area contributed by atoms with Crippen molar-refractivity contribution in [2.45, 2.75) is 13.8 Å². The number of phenols is 1. The summed E-state index contributed by atoms with van der Waals surface area (Å²) >= 11 is 6.03. The summed E-state index contributed by atoms with van der Waals surface area (Å²) in [6, 6.07) is 10.8. The minimum Gasteiger partial charge on any atom is -0.508 e. The molecule has 0 bridgehead atoms. The third kappa shape index (κ3) is 4.22. The summed E-state index contributed by atoms with van der Waals surface area (Å²) in [5.41, 5.74) is 2.92. The van der Waals surface area contributed by atoms with E-state index in [1.54, 1.807) is 12.1 Å². The molecule has 6 heteroatoms. The van der Waals surface area contributed by atoms with Crippen molar-refractivity contribution in [3.8, 4) is 11.5 Å². The smallest absolute Gasteiger partial charge is 0.260 e. The van der Waals surface area contributed by atoms with Crippen LogP contribution in [0.15, 0.2) is 36.4 Å². The van der Waals surface area contributed by atoms with Gasteiger partial charge in [0.15, 0.2) is 6.61 Å². The van der Waals surface area contributed by atoms with Crippen LogP contribution in [-0.4, -0.2) is 48.7 Å². The van der Waals surface area contributed by atoms with Gasteiger partial charge in [-0.3, -0.25) is 4.79 Å². The molecule has 0 unspecified atom stereocenters. The SMILES string of the molecule is Cc1cc(Cl)cc(C)c1OCC(=O)N1CCN(c2ccc(O)cc2)CC1. The summed E-state index contributed by atoms with van der Waals surface area (Å²) in [5, 5.41) is 10.1. The van der Waals surface area contributed by atoms with Gasteiger partial charge in [0, 0.05) is 36.9 Å². The van der Waals surface area contributed by atoms with Gasteiger partial charge in [-0.15, -0.1) is 0 Å². The summed E-state index contributed by atoms with van der Waals surface area (Å²) in [6.07, 6.45) is 0. The number of amides is 1. The topological polar surface area (TPSA) is 53.0 Å². The Bertz CT molecular complexity index is 761. The molecule has 1 saturated heterocycles. The molecule has 2 aromatic rings. The van der Waals surface area contributed by atoms with Gasteiger partial charge in [0.05, 0.1) is 0 Å². The lowest BCUT2D eigenvalue weighted by molar-refractivity contribution is -0.133. The number of hydrogen-bond donors (Lipinski definition) is 1. The van der Waals surface area contributed by atoms with Crippen LogP contribution in [0.2, 0.25) is 5.02 Å². The molecule has 1 amide bonds. The van der Waals surface area contributed by atoms with E-state index in [1.165, 1.54) is 0 Å². The van der Waals surface area contributed by atoms with Gasteiger partial charge in [0.1, 0.15) is 11.5 Å². The number of hydrogen-bond acceptors (Lipinski definition) is 4. The molecular weight excluding hydrogens is 352 g/mol. The van der Waals surface area contributed by atoms with Crippen molar-refractivity contribution >= 4 is 23.2 Å². The second kappa shape index (κ2) is 7.87. The van der Waals surface area contributed by atoms with Crippen molar-refractivity contribution in [3.63, 3.8) is 0 Å². The molecule has 0 atom stereocenters. The number of rotatable bonds is 4. The number of piperazine rings is 1. The van der Waals surface area contributed by atoms with Crippen LogP contribution in [0.3, 0.4) is 0 Å². The van der Waals surface area contributed by atoms with Crippen molar-refractivity contribution in [2.24, 2.45) is 0 Å². The van der Waals surface area contributed by atoms with Crippen molar-refractivity contribution < 1.29 is 14.6 Å². The Morgan fingerprint density at radius 2 is 1.65 bits per heavy atom. The monoisotopic (exact) mass is 374 g/mol. The first kappa shape index (κ1) is 18.4. The van der Waals surface area contributed by atoms with E-state index in [4.69, 9.17) is 16.3 Å². The first-order valence-corrected chi connectivity index (χ1v) is 9.03. The summed E-state index contributed by atoms with van der Waals surface area (Å²) in [4.78, 5) is 16.5. The van der Waals surface area contributed by atoms with Gasteiger partial charge in [-0.25, -0.2) is 0 Å². The van der Waals surface area contributed by atoms with Crippen molar-refractivity contribution in [3.05, 3.63) is 52.5 Å². The van der Waals surface area contributed by atoms with E-state index >= 15 is 0 Å². The second-order valence-corrected chi connectivity index (χ2v) is 6.98. The number of aryl methyl sites for hydroxylation is 2. The zero-order valence-electron chi connectivity index (χ0n) is 15.0. The first-order valence-electron chi connectivity index (χ1n) is 8.65. The van der Waals surface area contributed by atoms with E-state index in [1.807, 2.05) is 43.0 Å². The van der Waals surface area contributed by atoms with Crippen LogP contribution in [0, 0.1) is 13.8 Å². The fraction of sp³-hybridized carbons (Fsp3) is 0.350. The number of carbonyl (C=O) groups excluding carboxylic acids is 1. The molecule has 26 heavy (non-hydrogen) atoms. The van der Waals surface area contributed by atoms with Gasteiger partial charge in [-0.2, -0.15) is 0 Å². The highest BCUT2D eigenvalue weighted by Crippen LogP contribution is 2.27. The van der Waals surface area contributed by atoms with Crippen molar-refractivity contribution in [1.82, 2.24) is 4.90 Å². The minimum atomic E-state index is -0.0101. The highest BCUT2D eigenvalue weighted by atomic mass is 35.5. The average Bonchev–Trinajstić information content (AvgIpc) is 2.61. The summed E-state index contributed by atoms with van der Waals surface area (Å²) in [6.45, 7) is 6.71. The number of carbonyl (C=O) groups is 1. The molecule has 0 saturated carbocycles. The third-order valence-electron chi connectivity index (χ3n) is 4.61. The Hall–Kier alpha value is -2.40. The summed E-state index contributed by atoms with van der Waals surface area (Å²) in [7, 11) is 0. The van der Waals surface area contributed by atoms with Gasteiger partial charge in [0.2, 0.25) is 0 Å². The van der Waals surface area contributed by atoms with Crippen LogP contribution in [0.1, 0.15) is 11.1 Å². The molecule has 5 nitrogen and oxygen atoms in total. The van der Waals surface area contributed by atoms with Gasteiger partial charge < -0.3 is 19.6 Å². The molecule has 0 aromatic heterocycles. The van der Waals surface area contributed by atoms with E-state index in [0.717, 1.165) is 35.7 Å². The Balaban J connectivity index is 1.53. The summed E-state index contributed by atoms with van der Waals surface area (Å²) < 4.78 is 5.77. The van der Waals surface area contributed by atoms with Gasteiger partial charge >= 0.3 is 0 Å². The normalized spacial score (nSPS) is 14.4. The van der Waals surface area contributed by atoms with Crippen LogP contribution in [0.25, 0.3) is 0 Å². The fourth-order valence-corrected chi connectivity index (χ4v) is 3.56. The van der Waals surface area contributed by atoms with E-state index in [0.29, 0.717) is 18.1 Å². The molecule has 0 radical (unpaired) electrons. The molecule has 1 fully saturated rings. The fourth-order valence-electron chi connectivity index (χ4n) is 3.23. The summed E-state index contributed by atoms with van der Waals surface area (Å²) in [5.74, 6) is 0.974. The molecule has 0 aliphatic carbocycles. The van der Waals surface area contributed by atoms with Crippen molar-refractivity contribution in [1.29, 1.82) is 0 Å². The minimum absolute atomic E-state index is 0.0101. The number of halogens is 1. The zero-order valence-corrected chi connectivity index (χ0v) is 15.8. The number of benzene rings is 2. The second-order valence-electron chi connectivity index (χ2n) is 6.54. The number of ether oxygens (including phenoxy) is 1. The van der Waals surface area contributed by atoms with E-state index in [-0.39, 0.29) is 18.3 Å². The van der Waals surface area contributed by atoms with Gasteiger partial charge in [0.25, 0.3) is 5.91 Å². The lowest BCUT2D eigenvalue weighted by Gasteiger charge is -2.36. The zero-order chi connectivity index (χ0) is 18.7. The Morgan fingerprint density at radius 3 is 2.23 bits per heavy atom. The quantitative estimate of drug-likeness (QED) is 0.891. The molecule has 3 rings (SSSR count). The maximum atomic E-state index is 12.5. The van der Waals surface area contributed by atoms with Gasteiger partial charge in [-0.1, -0.05) is 11.6 Å². The standard InChI is InChI=1S/C20H23ClN2O3/c1-14-11-16(21)12-15(2)20(14)26-13-19(25)23-9-7-22(8-10-23)17-3-5-18(24)6-4-17/h3-6,11-12,24H,7-10,13H2,1-2H3. The maximum absolute atomic E-state index is 12.5. The van der Waals surface area contributed by atoms with Crippen LogP contribution in [0.5, 0.6) is 11.5 Å². The van der Waals surface area contributed by atoms with Crippen LogP contribution in [0.4, 0.5) is 5.69 Å². The molecule has 1 N–H and O–H groups in total. The Kier molecular flexibility index (Phi) is 5.57. The molecule has 0 spiro atoms. The number of nitrogens with zero attached hydrogens (tertiary/aromatic N) is 2. The highest BCUT2D eigenvalue weighted by Gasteiger charge is 2.22.